The Morgan fingerprint density at radius 3 is 2.94 bits per heavy atom. The summed E-state index contributed by atoms with van der Waals surface area (Å²) in [6.45, 7) is 0.354. The standard InChI is InChI=1S/C10H11N5OS/c1-3-6-15(2)10(17)14-13-9(16)8-7-11-4-5-12-8/h1,4-5,7H,6H2,2H3,(H,13,16)(H,14,17). The maximum absolute atomic E-state index is 11.5. The number of terminal acetylenes is 1. The second-order valence-corrected chi connectivity index (χ2v) is 3.42. The Labute approximate surface area is 104 Å². The van der Waals surface area contributed by atoms with Crippen LogP contribution >= 0.6 is 12.2 Å². The van der Waals surface area contributed by atoms with Crippen molar-refractivity contribution in [2.45, 2.75) is 0 Å². The summed E-state index contributed by atoms with van der Waals surface area (Å²) < 4.78 is 0. The van der Waals surface area contributed by atoms with Crippen LogP contribution in [0.1, 0.15) is 10.5 Å². The normalized spacial score (nSPS) is 8.94. The molecule has 0 aromatic carbocycles. The van der Waals surface area contributed by atoms with E-state index < -0.39 is 5.91 Å². The van der Waals surface area contributed by atoms with Crippen LogP contribution < -0.4 is 10.9 Å². The van der Waals surface area contributed by atoms with Gasteiger partial charge in [0.1, 0.15) is 5.69 Å². The second-order valence-electron chi connectivity index (χ2n) is 3.04. The fourth-order valence-corrected chi connectivity index (χ4v) is 1.01. The van der Waals surface area contributed by atoms with E-state index in [0.717, 1.165) is 0 Å². The van der Waals surface area contributed by atoms with Crippen LogP contribution in [0.25, 0.3) is 0 Å². The Kier molecular flexibility index (Phi) is 4.84. The first-order valence-electron chi connectivity index (χ1n) is 4.66. The van der Waals surface area contributed by atoms with E-state index in [9.17, 15) is 4.79 Å². The number of amides is 1. The largest absolute Gasteiger partial charge is 0.340 e. The second kappa shape index (κ2) is 6.40. The van der Waals surface area contributed by atoms with Gasteiger partial charge in [-0.25, -0.2) is 4.98 Å². The van der Waals surface area contributed by atoms with E-state index in [1.54, 1.807) is 11.9 Å². The van der Waals surface area contributed by atoms with E-state index in [4.69, 9.17) is 18.6 Å². The van der Waals surface area contributed by atoms with Crippen LogP contribution in [0.5, 0.6) is 0 Å². The van der Waals surface area contributed by atoms with Gasteiger partial charge in [-0.05, 0) is 12.2 Å². The first-order valence-corrected chi connectivity index (χ1v) is 5.07. The third kappa shape index (κ3) is 4.04. The minimum Gasteiger partial charge on any atom is -0.340 e. The Morgan fingerprint density at radius 1 is 1.59 bits per heavy atom. The molecule has 1 heterocycles. The highest BCUT2D eigenvalue weighted by Gasteiger charge is 2.08. The number of hydrazine groups is 1. The molecule has 1 rings (SSSR count). The lowest BCUT2D eigenvalue weighted by molar-refractivity contribution is 0.0937. The minimum absolute atomic E-state index is 0.197. The molecule has 0 aliphatic rings. The van der Waals surface area contributed by atoms with Crippen LogP contribution in [0.2, 0.25) is 0 Å². The minimum atomic E-state index is -0.422. The monoisotopic (exact) mass is 249 g/mol. The maximum atomic E-state index is 11.5. The summed E-state index contributed by atoms with van der Waals surface area (Å²) in [5.74, 6) is 2.01. The molecule has 0 aliphatic carbocycles. The number of carbonyl (C=O) groups is 1. The summed E-state index contributed by atoms with van der Waals surface area (Å²) >= 11 is 4.98. The van der Waals surface area contributed by atoms with Crippen LogP contribution in [0, 0.1) is 12.3 Å². The van der Waals surface area contributed by atoms with Crippen molar-refractivity contribution in [1.29, 1.82) is 0 Å². The molecular weight excluding hydrogens is 238 g/mol. The number of hydrogen-bond acceptors (Lipinski definition) is 4. The molecule has 7 heteroatoms. The molecule has 0 unspecified atom stereocenters. The first kappa shape index (κ1) is 12.9. The molecule has 0 spiro atoms. The Bertz CT molecular complexity index is 442. The molecule has 17 heavy (non-hydrogen) atoms. The van der Waals surface area contributed by atoms with Gasteiger partial charge in [0.25, 0.3) is 5.91 Å². The first-order chi connectivity index (χ1) is 8.15. The van der Waals surface area contributed by atoms with Crippen molar-refractivity contribution in [3.8, 4) is 12.3 Å². The average Bonchev–Trinajstić information content (AvgIpc) is 2.36. The molecule has 88 valence electrons. The average molecular weight is 249 g/mol. The summed E-state index contributed by atoms with van der Waals surface area (Å²) in [6.07, 6.45) is 9.39. The van der Waals surface area contributed by atoms with Crippen molar-refractivity contribution in [3.05, 3.63) is 24.3 Å². The van der Waals surface area contributed by atoms with Crippen LogP contribution in [-0.4, -0.2) is 39.5 Å². The van der Waals surface area contributed by atoms with E-state index in [2.05, 4.69) is 26.7 Å². The molecule has 2 N–H and O–H groups in total. The van der Waals surface area contributed by atoms with Crippen molar-refractivity contribution in [1.82, 2.24) is 25.7 Å². The molecule has 1 amide bonds. The third-order valence-corrected chi connectivity index (χ3v) is 2.17. The highest BCUT2D eigenvalue weighted by Crippen LogP contribution is 1.88. The van der Waals surface area contributed by atoms with Gasteiger partial charge < -0.3 is 4.90 Å². The zero-order chi connectivity index (χ0) is 12.7. The predicted molar refractivity (Wildman–Crippen MR) is 66.7 cm³/mol. The van der Waals surface area contributed by atoms with Crippen LogP contribution in [-0.2, 0) is 0 Å². The summed E-state index contributed by atoms with van der Waals surface area (Å²) in [4.78, 5) is 20.7. The number of aromatic nitrogens is 2. The Morgan fingerprint density at radius 2 is 2.35 bits per heavy atom. The molecule has 0 radical (unpaired) electrons. The number of rotatable bonds is 2. The lowest BCUT2D eigenvalue weighted by Gasteiger charge is -2.18. The predicted octanol–water partition coefficient (Wildman–Crippen LogP) is -0.439. The van der Waals surface area contributed by atoms with Crippen molar-refractivity contribution < 1.29 is 4.79 Å². The lowest BCUT2D eigenvalue weighted by atomic mass is 10.4. The molecule has 0 saturated heterocycles. The summed E-state index contributed by atoms with van der Waals surface area (Å²) in [5.41, 5.74) is 5.15. The van der Waals surface area contributed by atoms with Crippen molar-refractivity contribution >= 4 is 23.2 Å². The van der Waals surface area contributed by atoms with Gasteiger partial charge in [0, 0.05) is 19.4 Å². The fraction of sp³-hybridized carbons (Fsp3) is 0.200. The van der Waals surface area contributed by atoms with Crippen LogP contribution in [0.4, 0.5) is 0 Å². The highest BCUT2D eigenvalue weighted by atomic mass is 32.1. The number of nitrogens with one attached hydrogen (secondary N) is 2. The summed E-state index contributed by atoms with van der Waals surface area (Å²) in [7, 11) is 1.71. The number of carbonyl (C=O) groups excluding carboxylic acids is 1. The van der Waals surface area contributed by atoms with E-state index in [1.165, 1.54) is 18.6 Å². The lowest BCUT2D eigenvalue weighted by Crippen LogP contribution is -2.47. The third-order valence-electron chi connectivity index (χ3n) is 1.75. The van der Waals surface area contributed by atoms with Crippen molar-refractivity contribution in [2.24, 2.45) is 0 Å². The van der Waals surface area contributed by atoms with Gasteiger partial charge in [-0.1, -0.05) is 5.92 Å². The number of thiocarbonyl (C=S) groups is 1. The van der Waals surface area contributed by atoms with Crippen molar-refractivity contribution in [3.63, 3.8) is 0 Å². The van der Waals surface area contributed by atoms with Gasteiger partial charge in [-0.3, -0.25) is 20.6 Å². The molecule has 6 nitrogen and oxygen atoms in total. The summed E-state index contributed by atoms with van der Waals surface area (Å²) in [5, 5.41) is 0.320. The highest BCUT2D eigenvalue weighted by molar-refractivity contribution is 7.80. The molecular formula is C10H11N5OS. The Hall–Kier alpha value is -2.20. The Balaban J connectivity index is 2.44. The summed E-state index contributed by atoms with van der Waals surface area (Å²) in [6, 6.07) is 0. The van der Waals surface area contributed by atoms with Gasteiger partial charge >= 0.3 is 0 Å². The smallest absolute Gasteiger partial charge is 0.289 e. The molecule has 0 saturated carbocycles. The van der Waals surface area contributed by atoms with Gasteiger partial charge in [-0.2, -0.15) is 0 Å². The van der Waals surface area contributed by atoms with Crippen molar-refractivity contribution in [2.75, 3.05) is 13.6 Å². The van der Waals surface area contributed by atoms with E-state index in [0.29, 0.717) is 11.7 Å². The fourth-order valence-electron chi connectivity index (χ4n) is 0.895. The van der Waals surface area contributed by atoms with Crippen LogP contribution in [0.3, 0.4) is 0 Å². The molecule has 0 atom stereocenters. The topological polar surface area (TPSA) is 70.2 Å². The number of nitrogens with zero attached hydrogens (tertiary/aromatic N) is 3. The zero-order valence-corrected chi connectivity index (χ0v) is 9.99. The van der Waals surface area contributed by atoms with E-state index in [-0.39, 0.29) is 5.69 Å². The van der Waals surface area contributed by atoms with E-state index >= 15 is 0 Å². The van der Waals surface area contributed by atoms with Gasteiger partial charge in [-0.15, -0.1) is 6.42 Å². The molecule has 0 bridgehead atoms. The van der Waals surface area contributed by atoms with E-state index in [1.807, 2.05) is 0 Å². The maximum Gasteiger partial charge on any atom is 0.289 e. The van der Waals surface area contributed by atoms with Gasteiger partial charge in [0.05, 0.1) is 12.7 Å². The van der Waals surface area contributed by atoms with Gasteiger partial charge in [0.15, 0.2) is 5.11 Å². The van der Waals surface area contributed by atoms with Crippen LogP contribution in [0.15, 0.2) is 18.6 Å². The SMILES string of the molecule is C#CCN(C)C(=S)NNC(=O)c1cnccn1. The molecule has 0 aliphatic heterocycles. The molecule has 0 fully saturated rings. The molecule has 1 aromatic rings. The zero-order valence-electron chi connectivity index (χ0n) is 9.17. The quantitative estimate of drug-likeness (QED) is 0.421. The molecule has 1 aromatic heterocycles. The van der Waals surface area contributed by atoms with Gasteiger partial charge in [0.2, 0.25) is 0 Å². The number of hydrogen-bond donors (Lipinski definition) is 2.